The van der Waals surface area contributed by atoms with Crippen molar-refractivity contribution in [1.29, 1.82) is 0 Å². The number of urea groups is 1. The van der Waals surface area contributed by atoms with Gasteiger partial charge in [-0.3, -0.25) is 0 Å². The Labute approximate surface area is 212 Å². The van der Waals surface area contributed by atoms with Crippen LogP contribution in [-0.2, 0) is 6.18 Å². The number of piperidine rings is 1. The highest BCUT2D eigenvalue weighted by atomic mass is 19.4. The monoisotopic (exact) mass is 519 g/mol. The minimum atomic E-state index is -4.57. The minimum Gasteiger partial charge on any atom is -0.633 e. The number of anilines is 2. The molecule has 1 saturated heterocycles. The molecule has 0 saturated carbocycles. The molecule has 11 heteroatoms. The Kier molecular flexibility index (Phi) is 7.58. The Bertz CT molecular complexity index is 1240. The van der Waals surface area contributed by atoms with E-state index in [1.165, 1.54) is 24.3 Å². The number of alkyl halides is 3. The number of nitrogens with zero attached hydrogens (tertiary/aromatic N) is 1. The van der Waals surface area contributed by atoms with E-state index in [1.807, 2.05) is 25.2 Å². The van der Waals surface area contributed by atoms with Crippen molar-refractivity contribution in [2.24, 2.45) is 0 Å². The lowest BCUT2D eigenvalue weighted by atomic mass is 9.82. The average Bonchev–Trinajstić information content (AvgIpc) is 2.85. The molecule has 2 aromatic carbocycles. The molecule has 2 amide bonds. The molecule has 0 bridgehead atoms. The van der Waals surface area contributed by atoms with Crippen LogP contribution < -0.4 is 21.1 Å². The van der Waals surface area contributed by atoms with Crippen LogP contribution in [0.3, 0.4) is 0 Å². The molecule has 0 spiro atoms. The Morgan fingerprint density at radius 2 is 1.97 bits per heavy atom. The van der Waals surface area contributed by atoms with Gasteiger partial charge < -0.3 is 25.9 Å². The number of nitrogens with one attached hydrogen (secondary N) is 4. The van der Waals surface area contributed by atoms with Crippen molar-refractivity contribution < 1.29 is 27.4 Å². The maximum Gasteiger partial charge on any atom is 0.416 e. The van der Waals surface area contributed by atoms with Gasteiger partial charge in [0.15, 0.2) is 0 Å². The van der Waals surface area contributed by atoms with Crippen LogP contribution in [-0.4, -0.2) is 30.7 Å². The van der Waals surface area contributed by atoms with Gasteiger partial charge in [0.25, 0.3) is 0 Å². The standard InChI is InChI=1S/C26H29F4N5O2/c1-4-23-20-14-34(31-3)9-8-16(20)11-24(35(23)37)19-13-22(21(27)10-15(19)2)33-25(36)32-18-7-5-6-17(12-18)26(28,29)30/h5-8,10,12-14,23-24,31,35H,4,9,11H2,1-3H3,(H2,32,33,36). The smallest absolute Gasteiger partial charge is 0.416 e. The van der Waals surface area contributed by atoms with Crippen molar-refractivity contribution in [3.05, 3.63) is 87.5 Å². The van der Waals surface area contributed by atoms with Crippen LogP contribution in [0.1, 0.15) is 42.5 Å². The van der Waals surface area contributed by atoms with E-state index < -0.39 is 29.6 Å². The summed E-state index contributed by atoms with van der Waals surface area (Å²) in [7, 11) is 1.81. The van der Waals surface area contributed by atoms with E-state index in [-0.39, 0.29) is 22.5 Å². The number of carbonyl (C=O) groups is 1. The minimum absolute atomic E-state index is 0.0259. The molecule has 3 atom stereocenters. The molecule has 2 heterocycles. The predicted molar refractivity (Wildman–Crippen MR) is 133 cm³/mol. The molecule has 4 rings (SSSR count). The van der Waals surface area contributed by atoms with Gasteiger partial charge in [0.05, 0.1) is 17.8 Å². The van der Waals surface area contributed by atoms with Gasteiger partial charge in [-0.25, -0.2) is 14.6 Å². The number of quaternary nitrogens is 1. The molecule has 37 heavy (non-hydrogen) atoms. The maximum atomic E-state index is 14.8. The van der Waals surface area contributed by atoms with E-state index >= 15 is 0 Å². The molecule has 2 aliphatic heterocycles. The quantitative estimate of drug-likeness (QED) is 0.342. The summed E-state index contributed by atoms with van der Waals surface area (Å²) in [6, 6.07) is 5.13. The van der Waals surface area contributed by atoms with Gasteiger partial charge in [-0.05, 0) is 48.4 Å². The molecule has 2 aromatic rings. The number of rotatable bonds is 5. The molecule has 0 aromatic heterocycles. The average molecular weight is 520 g/mol. The Balaban J connectivity index is 1.57. The number of aryl methyl sites for hydroxylation is 1. The van der Waals surface area contributed by atoms with Crippen molar-refractivity contribution in [1.82, 2.24) is 10.4 Å². The predicted octanol–water partition coefficient (Wildman–Crippen LogP) is 4.66. The molecule has 0 radical (unpaired) electrons. The topological polar surface area (TPSA) is 83.9 Å². The maximum absolute atomic E-state index is 14.8. The zero-order valence-corrected chi connectivity index (χ0v) is 20.7. The van der Waals surface area contributed by atoms with Gasteiger partial charge in [0.2, 0.25) is 0 Å². The van der Waals surface area contributed by atoms with Crippen LogP contribution in [0.15, 0.2) is 59.8 Å². The molecule has 1 fully saturated rings. The van der Waals surface area contributed by atoms with E-state index in [9.17, 15) is 27.6 Å². The number of carbonyl (C=O) groups excluding carboxylic acids is 1. The van der Waals surface area contributed by atoms with Gasteiger partial charge in [-0.15, -0.1) is 0 Å². The molecule has 7 nitrogen and oxygen atoms in total. The summed E-state index contributed by atoms with van der Waals surface area (Å²) >= 11 is 0. The van der Waals surface area contributed by atoms with Crippen molar-refractivity contribution in [2.75, 3.05) is 24.2 Å². The van der Waals surface area contributed by atoms with Crippen molar-refractivity contribution >= 4 is 17.4 Å². The molecular formula is C26H29F4N5O2. The van der Waals surface area contributed by atoms with Crippen LogP contribution in [0.4, 0.5) is 33.7 Å². The molecule has 2 aliphatic rings. The zero-order valence-electron chi connectivity index (χ0n) is 20.7. The number of halogens is 4. The fourth-order valence-corrected chi connectivity index (χ4v) is 4.92. The molecular weight excluding hydrogens is 490 g/mol. The third kappa shape index (κ3) is 5.63. The summed E-state index contributed by atoms with van der Waals surface area (Å²) in [5, 5.41) is 20.2. The normalized spacial score (nSPS) is 21.6. The number of hydrazine groups is 1. The summed E-state index contributed by atoms with van der Waals surface area (Å²) in [6.45, 7) is 4.31. The van der Waals surface area contributed by atoms with Gasteiger partial charge >= 0.3 is 12.2 Å². The summed E-state index contributed by atoms with van der Waals surface area (Å²) in [5.41, 5.74) is 5.13. The first kappa shape index (κ1) is 26.6. The first-order chi connectivity index (χ1) is 17.5. The second-order valence-electron chi connectivity index (χ2n) is 9.16. The van der Waals surface area contributed by atoms with Crippen LogP contribution in [0.25, 0.3) is 0 Å². The summed E-state index contributed by atoms with van der Waals surface area (Å²) in [4.78, 5) is 12.5. The second-order valence-corrected chi connectivity index (χ2v) is 9.16. The highest BCUT2D eigenvalue weighted by Gasteiger charge is 2.38. The molecule has 4 N–H and O–H groups in total. The van der Waals surface area contributed by atoms with Crippen LogP contribution in [0.2, 0.25) is 0 Å². The van der Waals surface area contributed by atoms with Crippen molar-refractivity contribution in [3.8, 4) is 0 Å². The van der Waals surface area contributed by atoms with Crippen molar-refractivity contribution in [2.45, 2.75) is 44.9 Å². The van der Waals surface area contributed by atoms with Crippen molar-refractivity contribution in [3.63, 3.8) is 0 Å². The fraction of sp³-hybridized carbons (Fsp3) is 0.346. The molecule has 3 unspecified atom stereocenters. The van der Waals surface area contributed by atoms with Crippen LogP contribution >= 0.6 is 0 Å². The number of amides is 2. The highest BCUT2D eigenvalue weighted by Crippen LogP contribution is 2.35. The number of benzene rings is 2. The fourth-order valence-electron chi connectivity index (χ4n) is 4.92. The highest BCUT2D eigenvalue weighted by molar-refractivity contribution is 6.00. The van der Waals surface area contributed by atoms with Crippen LogP contribution in [0, 0.1) is 17.9 Å². The van der Waals surface area contributed by atoms with E-state index in [4.69, 9.17) is 0 Å². The van der Waals surface area contributed by atoms with Gasteiger partial charge in [-0.2, -0.15) is 13.2 Å². The lowest BCUT2D eigenvalue weighted by Gasteiger charge is -2.46. The lowest BCUT2D eigenvalue weighted by Crippen LogP contribution is -3.12. The van der Waals surface area contributed by atoms with E-state index in [0.29, 0.717) is 30.5 Å². The Morgan fingerprint density at radius 3 is 2.65 bits per heavy atom. The second kappa shape index (κ2) is 10.5. The molecule has 198 valence electrons. The summed E-state index contributed by atoms with van der Waals surface area (Å²) in [5.74, 6) is -0.710. The number of hydroxylamine groups is 2. The Morgan fingerprint density at radius 1 is 1.22 bits per heavy atom. The number of hydrogen-bond acceptors (Lipinski definition) is 4. The third-order valence-corrected chi connectivity index (χ3v) is 6.81. The Hall–Kier alpha value is -3.41. The van der Waals surface area contributed by atoms with E-state index in [0.717, 1.165) is 23.3 Å². The summed E-state index contributed by atoms with van der Waals surface area (Å²) in [6.07, 6.45) is 0.541. The van der Waals surface area contributed by atoms with E-state index in [1.54, 1.807) is 6.92 Å². The SMILES string of the molecule is CCC1C2=CN(NC)CC=C2CC(c2cc(NC(=O)Nc3cccc(C(F)(F)F)c3)c(F)cc2C)[NH+]1[O-]. The number of fused-ring (bicyclic) bond motifs is 1. The first-order valence-electron chi connectivity index (χ1n) is 12.0. The van der Waals surface area contributed by atoms with Gasteiger partial charge in [0.1, 0.15) is 17.9 Å². The summed E-state index contributed by atoms with van der Waals surface area (Å²) < 4.78 is 53.7. The lowest BCUT2D eigenvalue weighted by molar-refractivity contribution is -0.905. The van der Waals surface area contributed by atoms with Crippen LogP contribution in [0.5, 0.6) is 0 Å². The first-order valence-corrected chi connectivity index (χ1v) is 12.0. The number of hydrogen-bond donors (Lipinski definition) is 4. The third-order valence-electron chi connectivity index (χ3n) is 6.81. The van der Waals surface area contributed by atoms with E-state index in [2.05, 4.69) is 22.1 Å². The van der Waals surface area contributed by atoms with Gasteiger partial charge in [-0.1, -0.05) is 19.1 Å². The zero-order chi connectivity index (χ0) is 26.9. The molecule has 0 aliphatic carbocycles. The van der Waals surface area contributed by atoms with Gasteiger partial charge in [0, 0.05) is 42.9 Å². The largest absolute Gasteiger partial charge is 0.633 e.